The van der Waals surface area contributed by atoms with Gasteiger partial charge in [-0.3, -0.25) is 9.10 Å². The van der Waals surface area contributed by atoms with E-state index < -0.39 is 40.2 Å². The largest absolute Gasteiger partial charge is 0.478 e. The quantitative estimate of drug-likeness (QED) is 0.504. The van der Waals surface area contributed by atoms with Crippen LogP contribution in [0.2, 0.25) is 0 Å². The third-order valence-corrected chi connectivity index (χ3v) is 6.54. The van der Waals surface area contributed by atoms with Crippen molar-refractivity contribution < 1.29 is 36.3 Å². The molecule has 11 heteroatoms. The summed E-state index contributed by atoms with van der Waals surface area (Å²) < 4.78 is 67.0. The van der Waals surface area contributed by atoms with Crippen LogP contribution in [-0.4, -0.2) is 31.9 Å². The number of benzene rings is 3. The third kappa shape index (κ3) is 5.73. The van der Waals surface area contributed by atoms with Crippen LogP contribution in [0.4, 0.5) is 24.5 Å². The van der Waals surface area contributed by atoms with Gasteiger partial charge < -0.3 is 10.4 Å². The fourth-order valence-corrected chi connectivity index (χ4v) is 4.46. The Balaban J connectivity index is 2.00. The zero-order valence-corrected chi connectivity index (χ0v) is 18.5. The second-order valence-electron chi connectivity index (χ2n) is 7.31. The normalized spacial score (nSPS) is 11.6. The Kier molecular flexibility index (Phi) is 6.96. The number of carboxylic acid groups (broad SMARTS) is 1. The number of carboxylic acids is 1. The molecule has 3 aromatic rings. The van der Waals surface area contributed by atoms with Gasteiger partial charge in [-0.1, -0.05) is 29.8 Å². The van der Waals surface area contributed by atoms with Crippen LogP contribution in [0.5, 0.6) is 0 Å². The van der Waals surface area contributed by atoms with Crippen molar-refractivity contribution in [2.24, 2.45) is 0 Å². The Morgan fingerprint density at radius 3 is 2.24 bits per heavy atom. The van der Waals surface area contributed by atoms with Crippen LogP contribution < -0.4 is 9.62 Å². The maximum Gasteiger partial charge on any atom is 0.416 e. The number of carbonyl (C=O) groups is 2. The molecule has 0 radical (unpaired) electrons. The van der Waals surface area contributed by atoms with Crippen molar-refractivity contribution in [1.29, 1.82) is 0 Å². The van der Waals surface area contributed by atoms with Gasteiger partial charge >= 0.3 is 12.1 Å². The maximum absolute atomic E-state index is 13.3. The molecule has 0 saturated heterocycles. The molecule has 0 saturated carbocycles. The first-order valence-electron chi connectivity index (χ1n) is 9.78. The lowest BCUT2D eigenvalue weighted by molar-refractivity contribution is -0.137. The molecular weight excluding hydrogens is 473 g/mol. The minimum Gasteiger partial charge on any atom is -0.478 e. The summed E-state index contributed by atoms with van der Waals surface area (Å²) in [5.41, 5.74) is -0.699. The molecule has 2 N–H and O–H groups in total. The van der Waals surface area contributed by atoms with E-state index in [1.54, 1.807) is 6.92 Å². The molecule has 34 heavy (non-hydrogen) atoms. The molecule has 178 valence electrons. The minimum atomic E-state index is -4.73. The van der Waals surface area contributed by atoms with Crippen molar-refractivity contribution >= 4 is 33.3 Å². The van der Waals surface area contributed by atoms with Gasteiger partial charge in [0, 0.05) is 5.69 Å². The van der Waals surface area contributed by atoms with E-state index in [4.69, 9.17) is 5.11 Å². The topological polar surface area (TPSA) is 104 Å². The van der Waals surface area contributed by atoms with Crippen LogP contribution in [0.3, 0.4) is 0 Å². The van der Waals surface area contributed by atoms with Gasteiger partial charge in [-0.05, 0) is 55.5 Å². The van der Waals surface area contributed by atoms with E-state index in [1.165, 1.54) is 48.5 Å². The van der Waals surface area contributed by atoms with E-state index in [2.05, 4.69) is 5.32 Å². The predicted molar refractivity (Wildman–Crippen MR) is 119 cm³/mol. The first-order chi connectivity index (χ1) is 15.9. The van der Waals surface area contributed by atoms with E-state index in [-0.39, 0.29) is 21.8 Å². The first-order valence-corrected chi connectivity index (χ1v) is 11.2. The van der Waals surface area contributed by atoms with E-state index in [1.807, 2.05) is 0 Å². The van der Waals surface area contributed by atoms with E-state index in [0.717, 1.165) is 23.8 Å². The molecule has 3 aromatic carbocycles. The summed E-state index contributed by atoms with van der Waals surface area (Å²) in [5, 5.41) is 11.5. The van der Waals surface area contributed by atoms with E-state index in [0.29, 0.717) is 10.4 Å². The van der Waals surface area contributed by atoms with Crippen LogP contribution in [0, 0.1) is 6.92 Å². The summed E-state index contributed by atoms with van der Waals surface area (Å²) in [6.45, 7) is 0.883. The molecule has 0 atom stereocenters. The summed E-state index contributed by atoms with van der Waals surface area (Å²) in [5.74, 6) is -2.11. The molecule has 0 unspecified atom stereocenters. The lowest BCUT2D eigenvalue weighted by Crippen LogP contribution is -2.38. The molecule has 3 rings (SSSR count). The zero-order valence-electron chi connectivity index (χ0n) is 17.7. The molecule has 7 nitrogen and oxygen atoms in total. The lowest BCUT2D eigenvalue weighted by Gasteiger charge is -2.25. The van der Waals surface area contributed by atoms with Gasteiger partial charge in [0.2, 0.25) is 5.91 Å². The number of hydrogen-bond acceptors (Lipinski definition) is 4. The number of sulfonamides is 1. The van der Waals surface area contributed by atoms with Gasteiger partial charge in [0.05, 0.1) is 21.7 Å². The summed E-state index contributed by atoms with van der Waals surface area (Å²) in [6, 6.07) is 14.5. The highest BCUT2D eigenvalue weighted by molar-refractivity contribution is 7.92. The molecule has 0 aliphatic carbocycles. The van der Waals surface area contributed by atoms with Crippen LogP contribution >= 0.6 is 0 Å². The number of nitrogens with zero attached hydrogens (tertiary/aromatic N) is 1. The second kappa shape index (κ2) is 9.56. The number of carbonyl (C=O) groups excluding carboxylic acids is 1. The van der Waals surface area contributed by atoms with Crippen LogP contribution in [0.1, 0.15) is 21.5 Å². The van der Waals surface area contributed by atoms with Crippen LogP contribution in [0.25, 0.3) is 0 Å². The Morgan fingerprint density at radius 1 is 0.971 bits per heavy atom. The fourth-order valence-electron chi connectivity index (χ4n) is 3.05. The highest BCUT2D eigenvalue weighted by Crippen LogP contribution is 2.33. The van der Waals surface area contributed by atoms with Gasteiger partial charge in [0.1, 0.15) is 6.54 Å². The molecule has 0 aliphatic heterocycles. The molecule has 0 fully saturated rings. The number of hydrogen-bond donors (Lipinski definition) is 2. The molecule has 0 aliphatic rings. The van der Waals surface area contributed by atoms with Crippen molar-refractivity contribution in [3.05, 3.63) is 89.5 Å². The number of aryl methyl sites for hydroxylation is 1. The van der Waals surface area contributed by atoms with Crippen LogP contribution in [-0.2, 0) is 21.0 Å². The van der Waals surface area contributed by atoms with Crippen molar-refractivity contribution in [3.63, 3.8) is 0 Å². The minimum absolute atomic E-state index is 0.0848. The van der Waals surface area contributed by atoms with Gasteiger partial charge in [-0.25, -0.2) is 13.2 Å². The number of anilines is 2. The molecule has 0 heterocycles. The Labute approximate surface area is 193 Å². The molecule has 0 aromatic heterocycles. The van der Waals surface area contributed by atoms with Gasteiger partial charge in [0.15, 0.2) is 0 Å². The van der Waals surface area contributed by atoms with Gasteiger partial charge in [-0.15, -0.1) is 0 Å². The molecule has 0 spiro atoms. The average Bonchev–Trinajstić information content (AvgIpc) is 2.77. The summed E-state index contributed by atoms with van der Waals surface area (Å²) in [4.78, 5) is 23.6. The summed E-state index contributed by atoms with van der Waals surface area (Å²) in [7, 11) is -4.43. The Bertz CT molecular complexity index is 1320. The summed E-state index contributed by atoms with van der Waals surface area (Å²) in [6.07, 6.45) is -4.73. The third-order valence-electron chi connectivity index (χ3n) is 4.75. The van der Waals surface area contributed by atoms with Crippen molar-refractivity contribution in [2.75, 3.05) is 16.2 Å². The molecule has 0 bridgehead atoms. The van der Waals surface area contributed by atoms with Gasteiger partial charge in [-0.2, -0.15) is 13.2 Å². The van der Waals surface area contributed by atoms with E-state index in [9.17, 15) is 31.2 Å². The Hall–Kier alpha value is -3.86. The van der Waals surface area contributed by atoms with Crippen molar-refractivity contribution in [2.45, 2.75) is 18.0 Å². The lowest BCUT2D eigenvalue weighted by atomic mass is 10.2. The average molecular weight is 492 g/mol. The number of nitrogens with one attached hydrogen (secondary N) is 1. The zero-order chi connectivity index (χ0) is 25.1. The number of halogens is 3. The monoisotopic (exact) mass is 492 g/mol. The predicted octanol–water partition coefficient (Wildman–Crippen LogP) is 4.55. The molecular formula is C23H19F3N2O5S. The smallest absolute Gasteiger partial charge is 0.416 e. The molecule has 1 amide bonds. The van der Waals surface area contributed by atoms with Crippen molar-refractivity contribution in [1.82, 2.24) is 0 Å². The number of amides is 1. The second-order valence-corrected chi connectivity index (χ2v) is 9.17. The maximum atomic E-state index is 13.3. The number of rotatable bonds is 7. The fraction of sp³-hybridized carbons (Fsp3) is 0.130. The number of alkyl halides is 3. The SMILES string of the molecule is Cc1ccc(S(=O)(=O)N(CC(=O)Nc2cccc(C(=O)O)c2)c2cccc(C(F)(F)F)c2)cc1. The highest BCUT2D eigenvalue weighted by Gasteiger charge is 2.33. The highest BCUT2D eigenvalue weighted by atomic mass is 32.2. The Morgan fingerprint density at radius 2 is 1.62 bits per heavy atom. The van der Waals surface area contributed by atoms with Gasteiger partial charge in [0.25, 0.3) is 10.0 Å². The first kappa shape index (κ1) is 24.8. The van der Waals surface area contributed by atoms with E-state index >= 15 is 0 Å². The standard InChI is InChI=1S/C23H19F3N2O5S/c1-15-8-10-20(11-9-15)34(32,33)28(19-7-3-5-17(13-19)23(24,25)26)14-21(29)27-18-6-2-4-16(12-18)22(30)31/h2-13H,14H2,1H3,(H,27,29)(H,30,31). The van der Waals surface area contributed by atoms with Crippen LogP contribution in [0.15, 0.2) is 77.7 Å². The summed E-state index contributed by atoms with van der Waals surface area (Å²) >= 11 is 0. The van der Waals surface area contributed by atoms with Crippen molar-refractivity contribution in [3.8, 4) is 0 Å². The number of aromatic carboxylic acids is 1.